The fourth-order valence-corrected chi connectivity index (χ4v) is 1.23. The number of nitrogens with two attached hydrogens (primary N) is 3. The Morgan fingerprint density at radius 2 is 1.94 bits per heavy atom. The Morgan fingerprint density at radius 3 is 2.50 bits per heavy atom. The van der Waals surface area contributed by atoms with Crippen LogP contribution in [0.25, 0.3) is 0 Å². The summed E-state index contributed by atoms with van der Waals surface area (Å²) in [7, 11) is 0. The van der Waals surface area contributed by atoms with Crippen LogP contribution >= 0.6 is 0 Å². The van der Waals surface area contributed by atoms with Crippen molar-refractivity contribution in [3.8, 4) is 5.75 Å². The SMILES string of the molecule is NN=C(N)NNC(=O)[C@@H](N)Cc1ccc(O)cc1. The molecular weight excluding hydrogens is 236 g/mol. The van der Waals surface area contributed by atoms with Crippen LogP contribution < -0.4 is 28.2 Å². The average molecular weight is 252 g/mol. The van der Waals surface area contributed by atoms with Crippen molar-refractivity contribution in [2.75, 3.05) is 0 Å². The molecule has 0 aliphatic rings. The zero-order valence-electron chi connectivity index (χ0n) is 9.63. The molecule has 0 heterocycles. The fourth-order valence-electron chi connectivity index (χ4n) is 1.23. The Labute approximate surface area is 104 Å². The summed E-state index contributed by atoms with van der Waals surface area (Å²) < 4.78 is 0. The molecule has 0 aromatic heterocycles. The fraction of sp³-hybridized carbons (Fsp3) is 0.200. The zero-order valence-corrected chi connectivity index (χ0v) is 9.63. The zero-order chi connectivity index (χ0) is 13.5. The number of carbonyl (C=O) groups is 1. The van der Waals surface area contributed by atoms with Gasteiger partial charge in [0.25, 0.3) is 5.91 Å². The van der Waals surface area contributed by atoms with Gasteiger partial charge in [-0.2, -0.15) is 0 Å². The minimum Gasteiger partial charge on any atom is -0.508 e. The highest BCUT2D eigenvalue weighted by Crippen LogP contribution is 2.10. The van der Waals surface area contributed by atoms with E-state index >= 15 is 0 Å². The summed E-state index contributed by atoms with van der Waals surface area (Å²) >= 11 is 0. The molecule has 0 bridgehead atoms. The molecule has 0 aliphatic heterocycles. The molecule has 1 atom stereocenters. The lowest BCUT2D eigenvalue weighted by molar-refractivity contribution is -0.122. The van der Waals surface area contributed by atoms with Crippen molar-refractivity contribution in [3.05, 3.63) is 29.8 Å². The highest BCUT2D eigenvalue weighted by Gasteiger charge is 2.13. The molecule has 1 amide bonds. The van der Waals surface area contributed by atoms with Crippen molar-refractivity contribution in [1.82, 2.24) is 10.9 Å². The van der Waals surface area contributed by atoms with E-state index in [9.17, 15) is 4.79 Å². The maximum Gasteiger partial charge on any atom is 0.255 e. The van der Waals surface area contributed by atoms with Gasteiger partial charge < -0.3 is 22.4 Å². The number of phenolic OH excluding ortho intramolecular Hbond substituents is 1. The van der Waals surface area contributed by atoms with E-state index in [0.29, 0.717) is 6.42 Å². The Kier molecular flexibility index (Phi) is 4.76. The first-order valence-electron chi connectivity index (χ1n) is 5.15. The second kappa shape index (κ2) is 6.30. The van der Waals surface area contributed by atoms with Crippen molar-refractivity contribution < 1.29 is 9.90 Å². The van der Waals surface area contributed by atoms with Crippen LogP contribution in [0.15, 0.2) is 29.4 Å². The third-order valence-electron chi connectivity index (χ3n) is 2.18. The first-order chi connectivity index (χ1) is 8.52. The summed E-state index contributed by atoms with van der Waals surface area (Å²) in [4.78, 5) is 11.5. The van der Waals surface area contributed by atoms with E-state index < -0.39 is 11.9 Å². The summed E-state index contributed by atoms with van der Waals surface area (Å²) in [6.45, 7) is 0. The molecular formula is C10H16N6O2. The van der Waals surface area contributed by atoms with E-state index in [1.54, 1.807) is 12.1 Å². The predicted octanol–water partition coefficient (Wildman–Crippen LogP) is -1.93. The van der Waals surface area contributed by atoms with Gasteiger partial charge in [0.1, 0.15) is 5.75 Å². The van der Waals surface area contributed by atoms with E-state index in [4.69, 9.17) is 22.4 Å². The topological polar surface area (TPSA) is 152 Å². The molecule has 9 N–H and O–H groups in total. The van der Waals surface area contributed by atoms with Crippen LogP contribution in [0.5, 0.6) is 5.75 Å². The van der Waals surface area contributed by atoms with Gasteiger partial charge in [0, 0.05) is 0 Å². The van der Waals surface area contributed by atoms with Crippen molar-refractivity contribution in [2.45, 2.75) is 12.5 Å². The van der Waals surface area contributed by atoms with E-state index in [2.05, 4.69) is 16.0 Å². The summed E-state index contributed by atoms with van der Waals surface area (Å²) in [5.74, 6) is 4.45. The summed E-state index contributed by atoms with van der Waals surface area (Å²) in [6, 6.07) is 5.67. The highest BCUT2D eigenvalue weighted by atomic mass is 16.3. The van der Waals surface area contributed by atoms with Gasteiger partial charge in [-0.05, 0) is 24.1 Å². The molecule has 1 rings (SSSR count). The van der Waals surface area contributed by atoms with Crippen LogP contribution in [0.4, 0.5) is 0 Å². The van der Waals surface area contributed by atoms with Gasteiger partial charge in [0.15, 0.2) is 0 Å². The molecule has 8 heteroatoms. The molecule has 18 heavy (non-hydrogen) atoms. The molecule has 1 aromatic rings. The molecule has 0 fully saturated rings. The maximum absolute atomic E-state index is 11.5. The highest BCUT2D eigenvalue weighted by molar-refractivity contribution is 5.85. The summed E-state index contributed by atoms with van der Waals surface area (Å²) in [6.07, 6.45) is 0.327. The number of benzene rings is 1. The smallest absolute Gasteiger partial charge is 0.255 e. The van der Waals surface area contributed by atoms with Crippen LogP contribution in [-0.2, 0) is 11.2 Å². The number of guanidine groups is 1. The van der Waals surface area contributed by atoms with Gasteiger partial charge in [-0.25, -0.2) is 0 Å². The average Bonchev–Trinajstić information content (AvgIpc) is 2.38. The van der Waals surface area contributed by atoms with E-state index in [-0.39, 0.29) is 11.7 Å². The standard InChI is InChI=1S/C10H16N6O2/c11-8(9(18)15-16-10(12)14-13)5-6-1-3-7(17)4-2-6/h1-4,8,17H,5,11,13H2,(H,15,18)(H3,12,14,16)/t8-/m0/s1. The van der Waals surface area contributed by atoms with Crippen molar-refractivity contribution in [2.24, 2.45) is 22.4 Å². The largest absolute Gasteiger partial charge is 0.508 e. The number of carbonyl (C=O) groups excluding carboxylic acids is 1. The Morgan fingerprint density at radius 1 is 1.33 bits per heavy atom. The first kappa shape index (κ1) is 13.6. The molecule has 0 saturated carbocycles. The van der Waals surface area contributed by atoms with E-state index in [0.717, 1.165) is 5.56 Å². The summed E-state index contributed by atoms with van der Waals surface area (Å²) in [5.41, 5.74) is 16.3. The Bertz CT molecular complexity index is 430. The number of hydrogen-bond acceptors (Lipinski definition) is 5. The van der Waals surface area contributed by atoms with Gasteiger partial charge in [0.2, 0.25) is 5.96 Å². The van der Waals surface area contributed by atoms with Crippen LogP contribution in [0.2, 0.25) is 0 Å². The molecule has 8 nitrogen and oxygen atoms in total. The minimum atomic E-state index is -0.757. The first-order valence-corrected chi connectivity index (χ1v) is 5.15. The van der Waals surface area contributed by atoms with Crippen molar-refractivity contribution in [3.63, 3.8) is 0 Å². The van der Waals surface area contributed by atoms with Crippen LogP contribution in [0, 0.1) is 0 Å². The molecule has 0 aliphatic carbocycles. The number of hydrazine groups is 1. The van der Waals surface area contributed by atoms with Gasteiger partial charge in [-0.15, -0.1) is 5.10 Å². The lowest BCUT2D eigenvalue weighted by atomic mass is 10.1. The predicted molar refractivity (Wildman–Crippen MR) is 66.9 cm³/mol. The lowest BCUT2D eigenvalue weighted by Crippen LogP contribution is -2.52. The maximum atomic E-state index is 11.5. The molecule has 98 valence electrons. The van der Waals surface area contributed by atoms with Gasteiger partial charge in [0.05, 0.1) is 6.04 Å². The van der Waals surface area contributed by atoms with Crippen LogP contribution in [0.3, 0.4) is 0 Å². The third kappa shape index (κ3) is 4.18. The Hall–Kier alpha value is -2.48. The number of aromatic hydroxyl groups is 1. The lowest BCUT2D eigenvalue weighted by Gasteiger charge is -2.13. The molecule has 0 saturated heterocycles. The van der Waals surface area contributed by atoms with Crippen LogP contribution in [0.1, 0.15) is 5.56 Å². The number of phenols is 1. The number of hydrogen-bond donors (Lipinski definition) is 6. The monoisotopic (exact) mass is 252 g/mol. The number of nitrogens with zero attached hydrogens (tertiary/aromatic N) is 1. The number of hydrazone groups is 1. The minimum absolute atomic E-state index is 0.125. The number of rotatable bonds is 3. The number of nitrogens with one attached hydrogen (secondary N) is 2. The second-order valence-corrected chi connectivity index (χ2v) is 3.61. The van der Waals surface area contributed by atoms with E-state index in [1.165, 1.54) is 12.1 Å². The second-order valence-electron chi connectivity index (χ2n) is 3.61. The van der Waals surface area contributed by atoms with Gasteiger partial charge in [-0.1, -0.05) is 12.1 Å². The Balaban J connectivity index is 2.47. The quantitative estimate of drug-likeness (QED) is 0.159. The molecule has 0 radical (unpaired) electrons. The van der Waals surface area contributed by atoms with Crippen molar-refractivity contribution >= 4 is 11.9 Å². The molecule has 1 aromatic carbocycles. The molecule has 0 spiro atoms. The van der Waals surface area contributed by atoms with Gasteiger partial charge in [-0.3, -0.25) is 15.6 Å². The van der Waals surface area contributed by atoms with E-state index in [1.807, 2.05) is 0 Å². The number of amides is 1. The molecule has 0 unspecified atom stereocenters. The van der Waals surface area contributed by atoms with Gasteiger partial charge >= 0.3 is 0 Å². The van der Waals surface area contributed by atoms with Crippen LogP contribution in [-0.4, -0.2) is 23.0 Å². The normalized spacial score (nSPS) is 12.8. The van der Waals surface area contributed by atoms with Crippen molar-refractivity contribution in [1.29, 1.82) is 0 Å². The summed E-state index contributed by atoms with van der Waals surface area (Å²) in [5, 5.41) is 12.2. The third-order valence-corrected chi connectivity index (χ3v) is 2.18.